The number of hydrogen-bond donors (Lipinski definition) is 1. The molecule has 5 nitrogen and oxygen atoms in total. The van der Waals surface area contributed by atoms with E-state index in [-0.39, 0.29) is 25.1 Å². The van der Waals surface area contributed by atoms with E-state index in [0.29, 0.717) is 0 Å². The predicted octanol–water partition coefficient (Wildman–Crippen LogP) is 1.91. The van der Waals surface area contributed by atoms with E-state index in [1.807, 2.05) is 24.3 Å². The van der Waals surface area contributed by atoms with Crippen molar-refractivity contribution in [2.24, 2.45) is 0 Å². The quantitative estimate of drug-likeness (QED) is 0.860. The normalized spacial score (nSPS) is 22.8. The number of hydrogen-bond acceptors (Lipinski definition) is 3. The molecule has 1 aromatic carbocycles. The van der Waals surface area contributed by atoms with E-state index in [2.05, 4.69) is 21.2 Å². The minimum atomic E-state index is -0.971. The fourth-order valence-electron chi connectivity index (χ4n) is 2.05. The highest BCUT2D eigenvalue weighted by atomic mass is 79.9. The van der Waals surface area contributed by atoms with Crippen molar-refractivity contribution in [1.29, 1.82) is 0 Å². The SMILES string of the molecule is COC[C@@]1(C)NC(=O)N(Cc2ccc(Br)cc2)C1=O. The van der Waals surface area contributed by atoms with Crippen molar-refractivity contribution in [3.8, 4) is 0 Å². The van der Waals surface area contributed by atoms with Gasteiger partial charge in [-0.15, -0.1) is 0 Å². The lowest BCUT2D eigenvalue weighted by Crippen LogP contribution is -2.47. The summed E-state index contributed by atoms with van der Waals surface area (Å²) in [5.41, 5.74) is -0.0744. The Morgan fingerprint density at radius 3 is 2.53 bits per heavy atom. The number of methoxy groups -OCH3 is 1. The van der Waals surface area contributed by atoms with Crippen LogP contribution in [0.1, 0.15) is 12.5 Å². The van der Waals surface area contributed by atoms with Crippen LogP contribution >= 0.6 is 15.9 Å². The Kier molecular flexibility index (Phi) is 3.91. The molecule has 0 spiro atoms. The molecular formula is C13H15BrN2O3. The summed E-state index contributed by atoms with van der Waals surface area (Å²) in [5, 5.41) is 2.67. The average Bonchev–Trinajstić information content (AvgIpc) is 2.56. The van der Waals surface area contributed by atoms with Gasteiger partial charge in [-0.25, -0.2) is 4.79 Å². The summed E-state index contributed by atoms with van der Waals surface area (Å²) in [6.07, 6.45) is 0. The van der Waals surface area contributed by atoms with Crippen molar-refractivity contribution in [2.45, 2.75) is 19.0 Å². The van der Waals surface area contributed by atoms with Crippen molar-refractivity contribution in [3.05, 3.63) is 34.3 Å². The van der Waals surface area contributed by atoms with E-state index in [0.717, 1.165) is 10.0 Å². The fraction of sp³-hybridized carbons (Fsp3) is 0.385. The Labute approximate surface area is 120 Å². The summed E-state index contributed by atoms with van der Waals surface area (Å²) in [5.74, 6) is -0.262. The topological polar surface area (TPSA) is 58.6 Å². The first-order chi connectivity index (χ1) is 8.96. The standard InChI is InChI=1S/C13H15BrN2O3/c1-13(8-19-2)11(17)16(12(18)15-13)7-9-3-5-10(14)6-4-9/h3-6H,7-8H2,1-2H3,(H,15,18)/t13-/m1/s1. The molecule has 3 amide bonds. The maximum absolute atomic E-state index is 12.3. The van der Waals surface area contributed by atoms with Crippen LogP contribution in [-0.2, 0) is 16.1 Å². The molecule has 0 aromatic heterocycles. The van der Waals surface area contributed by atoms with Crippen molar-refractivity contribution in [3.63, 3.8) is 0 Å². The van der Waals surface area contributed by atoms with E-state index < -0.39 is 5.54 Å². The number of amides is 3. The van der Waals surface area contributed by atoms with Gasteiger partial charge in [-0.3, -0.25) is 9.69 Å². The van der Waals surface area contributed by atoms with Gasteiger partial charge in [-0.05, 0) is 24.6 Å². The predicted molar refractivity (Wildman–Crippen MR) is 73.5 cm³/mol. The maximum Gasteiger partial charge on any atom is 0.325 e. The second-order valence-electron chi connectivity index (χ2n) is 4.71. The molecule has 0 bridgehead atoms. The minimum Gasteiger partial charge on any atom is -0.382 e. The van der Waals surface area contributed by atoms with Gasteiger partial charge in [-0.1, -0.05) is 28.1 Å². The second-order valence-corrected chi connectivity index (χ2v) is 5.63. The molecule has 1 saturated heterocycles. The number of carbonyl (C=O) groups is 2. The van der Waals surface area contributed by atoms with Crippen molar-refractivity contribution in [1.82, 2.24) is 10.2 Å². The van der Waals surface area contributed by atoms with Crippen LogP contribution in [0, 0.1) is 0 Å². The summed E-state index contributed by atoms with van der Waals surface area (Å²) in [6.45, 7) is 2.09. The number of nitrogens with zero attached hydrogens (tertiary/aromatic N) is 1. The number of nitrogens with one attached hydrogen (secondary N) is 1. The number of benzene rings is 1. The van der Waals surface area contributed by atoms with E-state index >= 15 is 0 Å². The molecule has 1 atom stereocenters. The van der Waals surface area contributed by atoms with Crippen LogP contribution in [0.5, 0.6) is 0 Å². The molecular weight excluding hydrogens is 312 g/mol. The van der Waals surface area contributed by atoms with Crippen molar-refractivity contribution >= 4 is 27.9 Å². The number of imide groups is 1. The molecule has 1 N–H and O–H groups in total. The summed E-state index contributed by atoms with van der Waals surface area (Å²) in [7, 11) is 1.50. The summed E-state index contributed by atoms with van der Waals surface area (Å²) in [6, 6.07) is 7.12. The largest absolute Gasteiger partial charge is 0.382 e. The van der Waals surface area contributed by atoms with Crippen LogP contribution in [0.15, 0.2) is 28.7 Å². The molecule has 6 heteroatoms. The van der Waals surface area contributed by atoms with Gasteiger partial charge in [0.05, 0.1) is 13.2 Å². The lowest BCUT2D eigenvalue weighted by atomic mass is 10.0. The van der Waals surface area contributed by atoms with Gasteiger partial charge >= 0.3 is 6.03 Å². The second kappa shape index (κ2) is 5.30. The van der Waals surface area contributed by atoms with Crippen LogP contribution in [0.4, 0.5) is 4.79 Å². The molecule has 0 radical (unpaired) electrons. The number of urea groups is 1. The summed E-state index contributed by atoms with van der Waals surface area (Å²) in [4.78, 5) is 25.3. The van der Waals surface area contributed by atoms with Gasteiger partial charge in [0.15, 0.2) is 0 Å². The molecule has 0 unspecified atom stereocenters. The zero-order valence-corrected chi connectivity index (χ0v) is 12.4. The first-order valence-electron chi connectivity index (χ1n) is 5.84. The molecule has 1 fully saturated rings. The smallest absolute Gasteiger partial charge is 0.325 e. The lowest BCUT2D eigenvalue weighted by molar-refractivity contribution is -0.132. The Hall–Kier alpha value is -1.40. The van der Waals surface area contributed by atoms with Gasteiger partial charge < -0.3 is 10.1 Å². The number of carbonyl (C=O) groups excluding carboxylic acids is 2. The van der Waals surface area contributed by atoms with Crippen molar-refractivity contribution in [2.75, 3.05) is 13.7 Å². The van der Waals surface area contributed by atoms with Gasteiger partial charge in [0.1, 0.15) is 5.54 Å². The molecule has 1 aliphatic rings. The number of ether oxygens (including phenoxy) is 1. The fourth-order valence-corrected chi connectivity index (χ4v) is 2.31. The molecule has 1 aliphatic heterocycles. The lowest BCUT2D eigenvalue weighted by Gasteiger charge is -2.20. The highest BCUT2D eigenvalue weighted by molar-refractivity contribution is 9.10. The van der Waals surface area contributed by atoms with Crippen LogP contribution in [0.25, 0.3) is 0 Å². The van der Waals surface area contributed by atoms with Gasteiger partial charge in [0.2, 0.25) is 0 Å². The van der Waals surface area contributed by atoms with Crippen LogP contribution in [0.2, 0.25) is 0 Å². The first kappa shape index (κ1) is 14.0. The molecule has 102 valence electrons. The monoisotopic (exact) mass is 326 g/mol. The molecule has 0 saturated carbocycles. The third kappa shape index (κ3) is 2.79. The Morgan fingerprint density at radius 1 is 1.32 bits per heavy atom. The Morgan fingerprint density at radius 2 is 1.95 bits per heavy atom. The first-order valence-corrected chi connectivity index (χ1v) is 6.63. The van der Waals surface area contributed by atoms with E-state index in [9.17, 15) is 9.59 Å². The van der Waals surface area contributed by atoms with E-state index in [1.54, 1.807) is 6.92 Å². The summed E-state index contributed by atoms with van der Waals surface area (Å²) >= 11 is 3.34. The van der Waals surface area contributed by atoms with Gasteiger partial charge in [-0.2, -0.15) is 0 Å². The molecule has 0 aliphatic carbocycles. The van der Waals surface area contributed by atoms with Gasteiger partial charge in [0, 0.05) is 11.6 Å². The molecule has 2 rings (SSSR count). The van der Waals surface area contributed by atoms with E-state index in [4.69, 9.17) is 4.74 Å². The zero-order valence-electron chi connectivity index (χ0n) is 10.8. The summed E-state index contributed by atoms with van der Waals surface area (Å²) < 4.78 is 5.95. The highest BCUT2D eigenvalue weighted by Crippen LogP contribution is 2.21. The van der Waals surface area contributed by atoms with Crippen LogP contribution in [-0.4, -0.2) is 36.1 Å². The number of rotatable bonds is 4. The number of halogens is 1. The molecule has 19 heavy (non-hydrogen) atoms. The molecule has 1 heterocycles. The average molecular weight is 327 g/mol. The Balaban J connectivity index is 2.15. The third-order valence-electron chi connectivity index (χ3n) is 3.03. The Bertz CT molecular complexity index is 503. The van der Waals surface area contributed by atoms with Crippen LogP contribution in [0.3, 0.4) is 0 Å². The van der Waals surface area contributed by atoms with E-state index in [1.165, 1.54) is 12.0 Å². The zero-order chi connectivity index (χ0) is 14.0. The highest BCUT2D eigenvalue weighted by Gasteiger charge is 2.47. The minimum absolute atomic E-state index is 0.161. The molecule has 1 aromatic rings. The van der Waals surface area contributed by atoms with Crippen LogP contribution < -0.4 is 5.32 Å². The van der Waals surface area contributed by atoms with Gasteiger partial charge in [0.25, 0.3) is 5.91 Å². The van der Waals surface area contributed by atoms with Crippen molar-refractivity contribution < 1.29 is 14.3 Å². The maximum atomic E-state index is 12.3. The third-order valence-corrected chi connectivity index (χ3v) is 3.56.